The van der Waals surface area contributed by atoms with Gasteiger partial charge in [0.05, 0.1) is 9.82 Å². The van der Waals surface area contributed by atoms with E-state index in [0.717, 1.165) is 14.8 Å². The molecular formula is C12H8BrNO4S2. The number of hydrogen-bond donors (Lipinski definition) is 0. The smallest absolute Gasteiger partial charge is 0.258 e. The van der Waals surface area contributed by atoms with Crippen LogP contribution in [0.3, 0.4) is 0 Å². The highest BCUT2D eigenvalue weighted by Crippen LogP contribution is 2.23. The molecule has 0 radical (unpaired) electrons. The number of sulfone groups is 1. The van der Waals surface area contributed by atoms with Crippen LogP contribution in [0, 0.1) is 10.1 Å². The van der Waals surface area contributed by atoms with Crippen LogP contribution in [0.15, 0.2) is 50.5 Å². The second-order valence-electron chi connectivity index (χ2n) is 3.77. The number of halogens is 1. The lowest BCUT2D eigenvalue weighted by atomic mass is 10.3. The van der Waals surface area contributed by atoms with Gasteiger partial charge in [0, 0.05) is 32.3 Å². The molecule has 0 aliphatic heterocycles. The zero-order chi connectivity index (χ0) is 14.8. The van der Waals surface area contributed by atoms with Crippen LogP contribution in [-0.2, 0) is 9.84 Å². The van der Waals surface area contributed by atoms with Crippen LogP contribution in [0.5, 0.6) is 0 Å². The molecule has 5 nitrogen and oxygen atoms in total. The van der Waals surface area contributed by atoms with Crippen molar-refractivity contribution in [2.45, 2.75) is 4.90 Å². The molecule has 2 rings (SSSR count). The highest BCUT2D eigenvalue weighted by Gasteiger charge is 2.12. The Morgan fingerprint density at radius 1 is 1.25 bits per heavy atom. The predicted octanol–water partition coefficient (Wildman–Crippen LogP) is 3.86. The molecule has 1 aromatic carbocycles. The van der Waals surface area contributed by atoms with Gasteiger partial charge in [0.1, 0.15) is 0 Å². The first-order valence-corrected chi connectivity index (χ1v) is 8.52. The van der Waals surface area contributed by atoms with Crippen molar-refractivity contribution in [1.29, 1.82) is 0 Å². The molecule has 0 aliphatic rings. The van der Waals surface area contributed by atoms with Crippen LogP contribution in [-0.4, -0.2) is 13.3 Å². The van der Waals surface area contributed by atoms with Crippen molar-refractivity contribution in [3.63, 3.8) is 0 Å². The normalized spacial score (nSPS) is 11.8. The van der Waals surface area contributed by atoms with Crippen molar-refractivity contribution in [3.05, 3.63) is 60.6 Å². The number of benzene rings is 1. The Labute approximate surface area is 127 Å². The van der Waals surface area contributed by atoms with E-state index in [1.54, 1.807) is 6.07 Å². The van der Waals surface area contributed by atoms with Crippen LogP contribution in [0.2, 0.25) is 0 Å². The third-order valence-electron chi connectivity index (χ3n) is 2.38. The molecule has 0 aliphatic carbocycles. The predicted molar refractivity (Wildman–Crippen MR) is 81.3 cm³/mol. The summed E-state index contributed by atoms with van der Waals surface area (Å²) < 4.78 is 24.9. The molecule has 0 amide bonds. The summed E-state index contributed by atoms with van der Waals surface area (Å²) in [4.78, 5) is 10.8. The maximum absolute atomic E-state index is 12.0. The van der Waals surface area contributed by atoms with Crippen molar-refractivity contribution < 1.29 is 13.3 Å². The average Bonchev–Trinajstić information content (AvgIpc) is 2.82. The summed E-state index contributed by atoms with van der Waals surface area (Å²) in [5.41, 5.74) is -0.143. The maximum atomic E-state index is 12.0. The minimum atomic E-state index is -3.60. The number of nitrogens with zero attached hydrogens (tertiary/aromatic N) is 1. The lowest BCUT2D eigenvalue weighted by Gasteiger charge is -1.98. The molecule has 0 saturated heterocycles. The Kier molecular flexibility index (Phi) is 4.36. The van der Waals surface area contributed by atoms with Gasteiger partial charge in [-0.05, 0) is 40.2 Å². The monoisotopic (exact) mass is 373 g/mol. The van der Waals surface area contributed by atoms with E-state index in [1.807, 2.05) is 5.38 Å². The largest absolute Gasteiger partial charge is 0.269 e. The van der Waals surface area contributed by atoms with Gasteiger partial charge in [-0.3, -0.25) is 10.1 Å². The van der Waals surface area contributed by atoms with Gasteiger partial charge in [0.15, 0.2) is 9.84 Å². The van der Waals surface area contributed by atoms with Crippen LogP contribution in [0.1, 0.15) is 4.88 Å². The molecule has 1 aromatic heterocycles. The molecule has 1 heterocycles. The van der Waals surface area contributed by atoms with Crippen molar-refractivity contribution in [2.24, 2.45) is 0 Å². The standard InChI is InChI=1S/C12H8BrNO4S2/c13-9-7-11(19-8-9)5-6-20(17,18)12-3-1-10(2-4-12)14(15)16/h1-8H/b6-5+. The van der Waals surface area contributed by atoms with Crippen LogP contribution in [0.4, 0.5) is 5.69 Å². The highest BCUT2D eigenvalue weighted by atomic mass is 79.9. The Morgan fingerprint density at radius 2 is 1.90 bits per heavy atom. The van der Waals surface area contributed by atoms with E-state index in [1.165, 1.54) is 41.7 Å². The summed E-state index contributed by atoms with van der Waals surface area (Å²) in [5, 5.41) is 13.4. The summed E-state index contributed by atoms with van der Waals surface area (Å²) in [7, 11) is -3.60. The maximum Gasteiger partial charge on any atom is 0.269 e. The summed E-state index contributed by atoms with van der Waals surface area (Å²) in [6, 6.07) is 6.59. The Balaban J connectivity index is 2.26. The van der Waals surface area contributed by atoms with Crippen LogP contribution < -0.4 is 0 Å². The third-order valence-corrected chi connectivity index (χ3v) is 5.46. The molecule has 2 aromatic rings. The molecule has 0 saturated carbocycles. The first-order valence-electron chi connectivity index (χ1n) is 5.30. The molecule has 20 heavy (non-hydrogen) atoms. The lowest BCUT2D eigenvalue weighted by Crippen LogP contribution is -1.96. The molecule has 8 heteroatoms. The van der Waals surface area contributed by atoms with E-state index < -0.39 is 14.8 Å². The van der Waals surface area contributed by atoms with Crippen molar-refractivity contribution in [2.75, 3.05) is 0 Å². The second-order valence-corrected chi connectivity index (χ2v) is 7.46. The van der Waals surface area contributed by atoms with E-state index >= 15 is 0 Å². The topological polar surface area (TPSA) is 77.3 Å². The number of rotatable bonds is 4. The fourth-order valence-corrected chi connectivity index (χ4v) is 3.83. The zero-order valence-corrected chi connectivity index (χ0v) is 13.1. The van der Waals surface area contributed by atoms with Gasteiger partial charge in [0.25, 0.3) is 5.69 Å². The summed E-state index contributed by atoms with van der Waals surface area (Å²) >= 11 is 4.69. The Morgan fingerprint density at radius 3 is 2.40 bits per heavy atom. The van der Waals surface area contributed by atoms with Gasteiger partial charge in [-0.25, -0.2) is 8.42 Å². The summed E-state index contributed by atoms with van der Waals surface area (Å²) in [5.74, 6) is 0. The van der Waals surface area contributed by atoms with Gasteiger partial charge in [0.2, 0.25) is 0 Å². The number of nitro benzene ring substituents is 1. The third kappa shape index (κ3) is 3.53. The summed E-state index contributed by atoms with van der Waals surface area (Å²) in [6.45, 7) is 0. The van der Waals surface area contributed by atoms with Gasteiger partial charge in [-0.1, -0.05) is 0 Å². The molecule has 104 valence electrons. The molecule has 0 bridgehead atoms. The lowest BCUT2D eigenvalue weighted by molar-refractivity contribution is -0.384. The minimum absolute atomic E-state index is 0.0231. The Bertz CT molecular complexity index is 763. The van der Waals surface area contributed by atoms with E-state index in [-0.39, 0.29) is 10.6 Å². The Hall–Kier alpha value is -1.51. The van der Waals surface area contributed by atoms with Crippen molar-refractivity contribution in [3.8, 4) is 0 Å². The minimum Gasteiger partial charge on any atom is -0.258 e. The highest BCUT2D eigenvalue weighted by molar-refractivity contribution is 9.10. The van der Waals surface area contributed by atoms with E-state index in [4.69, 9.17) is 0 Å². The fraction of sp³-hybridized carbons (Fsp3) is 0. The van der Waals surface area contributed by atoms with Crippen LogP contribution >= 0.6 is 27.3 Å². The number of nitro groups is 1. The zero-order valence-electron chi connectivity index (χ0n) is 9.89. The number of non-ortho nitro benzene ring substituents is 1. The second kappa shape index (κ2) is 5.86. The first-order chi connectivity index (χ1) is 9.38. The molecule has 0 atom stereocenters. The van der Waals surface area contributed by atoms with Gasteiger partial charge >= 0.3 is 0 Å². The fourth-order valence-electron chi connectivity index (χ4n) is 1.41. The first kappa shape index (κ1) is 14.9. The number of hydrogen-bond acceptors (Lipinski definition) is 5. The molecule has 0 spiro atoms. The van der Waals surface area contributed by atoms with E-state index in [2.05, 4.69) is 15.9 Å². The molecule has 0 unspecified atom stereocenters. The quantitative estimate of drug-likeness (QED) is 0.601. The van der Waals surface area contributed by atoms with Crippen molar-refractivity contribution in [1.82, 2.24) is 0 Å². The van der Waals surface area contributed by atoms with Gasteiger partial charge in [-0.2, -0.15) is 0 Å². The molecule has 0 fully saturated rings. The SMILES string of the molecule is O=[N+]([O-])c1ccc(S(=O)(=O)/C=C/c2cc(Br)cs2)cc1. The van der Waals surface area contributed by atoms with Gasteiger partial charge in [-0.15, -0.1) is 11.3 Å². The van der Waals surface area contributed by atoms with E-state index in [0.29, 0.717) is 0 Å². The van der Waals surface area contributed by atoms with Crippen molar-refractivity contribution >= 4 is 48.9 Å². The average molecular weight is 374 g/mol. The van der Waals surface area contributed by atoms with Crippen LogP contribution in [0.25, 0.3) is 6.08 Å². The number of thiophene rings is 1. The van der Waals surface area contributed by atoms with Gasteiger partial charge < -0.3 is 0 Å². The molecule has 0 N–H and O–H groups in total. The van der Waals surface area contributed by atoms with E-state index in [9.17, 15) is 18.5 Å². The summed E-state index contributed by atoms with van der Waals surface area (Å²) in [6.07, 6.45) is 1.49. The molecular weight excluding hydrogens is 366 g/mol.